The van der Waals surface area contributed by atoms with Crippen molar-refractivity contribution in [1.82, 2.24) is 19.5 Å². The molecule has 0 bridgehead atoms. The number of rotatable bonds is 6. The molecule has 9 aromatic carbocycles. The summed E-state index contributed by atoms with van der Waals surface area (Å²) < 4.78 is 4.87. The van der Waals surface area contributed by atoms with E-state index in [4.69, 9.17) is 15.0 Å². The van der Waals surface area contributed by atoms with Gasteiger partial charge in [0.25, 0.3) is 0 Å². The SMILES string of the molecule is c1ccc(-c2nc(-c3ccccc3)nc(-c3cccc4sc5ccc(-n6c7ccccc7c7cc8c(cc76)-c6ccccc6C8(c6ccccc6)c6ccccc6)cc5c34)n2)cc1. The fourth-order valence-electron chi connectivity index (χ4n) is 10.3. The molecule has 0 atom stereocenters. The number of hydrogen-bond acceptors (Lipinski definition) is 4. The third-order valence-electron chi connectivity index (χ3n) is 12.9. The Morgan fingerprint density at radius 1 is 0.365 bits per heavy atom. The summed E-state index contributed by atoms with van der Waals surface area (Å²) in [6.45, 7) is 0. The molecule has 0 aliphatic heterocycles. The molecule has 1 aliphatic rings. The molecule has 3 aromatic heterocycles. The average Bonchev–Trinajstić information content (AvgIpc) is 4.00. The van der Waals surface area contributed by atoms with Gasteiger partial charge in [-0.3, -0.25) is 0 Å². The van der Waals surface area contributed by atoms with E-state index >= 15 is 0 Å². The average molecular weight is 821 g/mol. The lowest BCUT2D eigenvalue weighted by Crippen LogP contribution is -2.28. The maximum absolute atomic E-state index is 5.17. The van der Waals surface area contributed by atoms with Crippen LogP contribution in [0.1, 0.15) is 22.3 Å². The first-order valence-electron chi connectivity index (χ1n) is 21.4. The number of para-hydroxylation sites is 1. The van der Waals surface area contributed by atoms with E-state index < -0.39 is 5.41 Å². The molecule has 0 N–H and O–H groups in total. The fourth-order valence-corrected chi connectivity index (χ4v) is 11.4. The summed E-state index contributed by atoms with van der Waals surface area (Å²) in [6, 6.07) is 78.8. The largest absolute Gasteiger partial charge is 0.309 e. The summed E-state index contributed by atoms with van der Waals surface area (Å²) in [5, 5.41) is 4.78. The molecule has 13 rings (SSSR count). The van der Waals surface area contributed by atoms with Gasteiger partial charge in [-0.25, -0.2) is 15.0 Å². The third kappa shape index (κ3) is 5.37. The van der Waals surface area contributed by atoms with Crippen LogP contribution >= 0.6 is 11.3 Å². The van der Waals surface area contributed by atoms with Crippen molar-refractivity contribution in [3.63, 3.8) is 0 Å². The Bertz CT molecular complexity index is 3630. The minimum Gasteiger partial charge on any atom is -0.309 e. The molecule has 4 nitrogen and oxygen atoms in total. The quantitative estimate of drug-likeness (QED) is 0.168. The van der Waals surface area contributed by atoms with E-state index in [0.29, 0.717) is 17.5 Å². The van der Waals surface area contributed by atoms with Gasteiger partial charge in [-0.2, -0.15) is 0 Å². The van der Waals surface area contributed by atoms with Gasteiger partial charge in [-0.1, -0.05) is 176 Å². The van der Waals surface area contributed by atoms with Crippen molar-refractivity contribution in [2.45, 2.75) is 5.41 Å². The second-order valence-electron chi connectivity index (χ2n) is 16.3. The Hall–Kier alpha value is -7.99. The molecule has 294 valence electrons. The molecule has 5 heteroatoms. The van der Waals surface area contributed by atoms with Crippen molar-refractivity contribution >= 4 is 53.3 Å². The standard InChI is InChI=1S/C58H36N4S/c1-5-18-37(19-6-1)55-59-56(38-20-7-2-8-21-38)61-57(60-55)44-28-17-31-53-54(44)47-34-41(32-33-52(47)63-53)62-50-30-16-14-27-43(50)46-35-49-45(36-51(46)62)42-26-13-15-29-48(42)58(49,39-22-9-3-10-23-39)40-24-11-4-12-25-40/h1-36H. The van der Waals surface area contributed by atoms with Crippen LogP contribution in [0.3, 0.4) is 0 Å². The topological polar surface area (TPSA) is 43.6 Å². The highest BCUT2D eigenvalue weighted by atomic mass is 32.1. The highest BCUT2D eigenvalue weighted by Crippen LogP contribution is 2.57. The lowest BCUT2D eigenvalue weighted by atomic mass is 9.67. The molecule has 0 spiro atoms. The first kappa shape index (κ1) is 35.7. The zero-order valence-electron chi connectivity index (χ0n) is 34.0. The zero-order chi connectivity index (χ0) is 41.5. The molecule has 12 aromatic rings. The van der Waals surface area contributed by atoms with Crippen LogP contribution < -0.4 is 0 Å². The van der Waals surface area contributed by atoms with E-state index in [2.05, 4.69) is 187 Å². The highest BCUT2D eigenvalue weighted by molar-refractivity contribution is 7.26. The van der Waals surface area contributed by atoms with Crippen molar-refractivity contribution in [2.24, 2.45) is 0 Å². The Kier molecular flexibility index (Phi) is 7.96. The minimum atomic E-state index is -0.480. The van der Waals surface area contributed by atoms with Crippen LogP contribution in [0.5, 0.6) is 0 Å². The predicted molar refractivity (Wildman–Crippen MR) is 261 cm³/mol. The second-order valence-corrected chi connectivity index (χ2v) is 17.4. The van der Waals surface area contributed by atoms with Gasteiger partial charge in [0.15, 0.2) is 17.5 Å². The Morgan fingerprint density at radius 3 is 1.65 bits per heavy atom. The molecule has 3 heterocycles. The van der Waals surface area contributed by atoms with Gasteiger partial charge in [0.05, 0.1) is 16.4 Å². The Morgan fingerprint density at radius 2 is 0.952 bits per heavy atom. The van der Waals surface area contributed by atoms with Crippen molar-refractivity contribution in [2.75, 3.05) is 0 Å². The number of hydrogen-bond donors (Lipinski definition) is 0. The van der Waals surface area contributed by atoms with Gasteiger partial charge in [0.2, 0.25) is 0 Å². The van der Waals surface area contributed by atoms with E-state index in [1.54, 1.807) is 0 Å². The molecule has 0 fully saturated rings. The fraction of sp³-hybridized carbons (Fsp3) is 0.0172. The molecule has 0 saturated carbocycles. The monoisotopic (exact) mass is 820 g/mol. The molecular weight excluding hydrogens is 785 g/mol. The first-order valence-corrected chi connectivity index (χ1v) is 22.2. The lowest BCUT2D eigenvalue weighted by molar-refractivity contribution is 0.769. The summed E-state index contributed by atoms with van der Waals surface area (Å²) in [4.78, 5) is 15.3. The smallest absolute Gasteiger partial charge is 0.164 e. The summed E-state index contributed by atoms with van der Waals surface area (Å²) >= 11 is 1.81. The van der Waals surface area contributed by atoms with E-state index in [1.165, 1.54) is 70.0 Å². The van der Waals surface area contributed by atoms with Crippen molar-refractivity contribution in [3.8, 4) is 51.0 Å². The number of fused-ring (bicyclic) bond motifs is 9. The lowest BCUT2D eigenvalue weighted by Gasteiger charge is -2.33. The van der Waals surface area contributed by atoms with Gasteiger partial charge in [-0.05, 0) is 75.8 Å². The molecule has 0 amide bonds. The number of aromatic nitrogens is 4. The summed E-state index contributed by atoms with van der Waals surface area (Å²) in [7, 11) is 0. The summed E-state index contributed by atoms with van der Waals surface area (Å²) in [5.74, 6) is 1.96. The maximum Gasteiger partial charge on any atom is 0.164 e. The van der Waals surface area contributed by atoms with Crippen LogP contribution in [0.15, 0.2) is 218 Å². The van der Waals surface area contributed by atoms with Crippen molar-refractivity contribution in [3.05, 3.63) is 241 Å². The third-order valence-corrected chi connectivity index (χ3v) is 14.1. The van der Waals surface area contributed by atoms with Crippen LogP contribution in [0.25, 0.3) is 93.0 Å². The van der Waals surface area contributed by atoms with E-state index in [1.807, 2.05) is 47.7 Å². The minimum absolute atomic E-state index is 0.480. The number of benzene rings is 9. The van der Waals surface area contributed by atoms with Crippen molar-refractivity contribution < 1.29 is 0 Å². The Balaban J connectivity index is 1.06. The number of thiophene rings is 1. The van der Waals surface area contributed by atoms with Gasteiger partial charge >= 0.3 is 0 Å². The van der Waals surface area contributed by atoms with Crippen LogP contribution in [-0.2, 0) is 5.41 Å². The van der Waals surface area contributed by atoms with E-state index in [9.17, 15) is 0 Å². The van der Waals surface area contributed by atoms with Crippen molar-refractivity contribution in [1.29, 1.82) is 0 Å². The maximum atomic E-state index is 5.17. The van der Waals surface area contributed by atoms with Gasteiger partial charge < -0.3 is 4.57 Å². The predicted octanol–water partition coefficient (Wildman–Crippen LogP) is 14.7. The molecule has 0 saturated heterocycles. The van der Waals surface area contributed by atoms with Gasteiger partial charge in [0, 0.05) is 53.3 Å². The first-order chi connectivity index (χ1) is 31.2. The van der Waals surface area contributed by atoms with Crippen LogP contribution in [0.4, 0.5) is 0 Å². The summed E-state index contributed by atoms with van der Waals surface area (Å²) in [6.07, 6.45) is 0. The van der Waals surface area contributed by atoms with Crippen LogP contribution in [0.2, 0.25) is 0 Å². The zero-order valence-corrected chi connectivity index (χ0v) is 34.8. The normalized spacial score (nSPS) is 12.9. The molecular formula is C58H36N4S. The van der Waals surface area contributed by atoms with Gasteiger partial charge in [0.1, 0.15) is 0 Å². The van der Waals surface area contributed by atoms with Crippen LogP contribution in [0, 0.1) is 0 Å². The number of nitrogens with zero attached hydrogens (tertiary/aromatic N) is 4. The Labute approximate surface area is 368 Å². The van der Waals surface area contributed by atoms with Gasteiger partial charge in [-0.15, -0.1) is 11.3 Å². The molecule has 0 unspecified atom stereocenters. The molecule has 63 heavy (non-hydrogen) atoms. The second kappa shape index (κ2) is 14.0. The highest BCUT2D eigenvalue weighted by Gasteiger charge is 2.46. The van der Waals surface area contributed by atoms with Crippen LogP contribution in [-0.4, -0.2) is 19.5 Å². The van der Waals surface area contributed by atoms with E-state index in [-0.39, 0.29) is 0 Å². The van der Waals surface area contributed by atoms with E-state index in [0.717, 1.165) is 27.8 Å². The summed E-state index contributed by atoms with van der Waals surface area (Å²) in [5.41, 5.74) is 13.5. The molecule has 0 radical (unpaired) electrons. The molecule has 1 aliphatic carbocycles.